The molecule has 21 heavy (non-hydrogen) atoms. The van der Waals surface area contributed by atoms with Gasteiger partial charge in [-0.3, -0.25) is 4.79 Å². The molecule has 0 spiro atoms. The Morgan fingerprint density at radius 3 is 2.71 bits per heavy atom. The molecule has 0 aliphatic carbocycles. The summed E-state index contributed by atoms with van der Waals surface area (Å²) in [5.41, 5.74) is 0.661. The number of nitrogens with zero attached hydrogens (tertiary/aromatic N) is 2. The van der Waals surface area contributed by atoms with Gasteiger partial charge in [-0.05, 0) is 31.2 Å². The second-order valence-corrected chi connectivity index (χ2v) is 6.65. The lowest BCUT2D eigenvalue weighted by Crippen LogP contribution is -2.29. The fourth-order valence-corrected chi connectivity index (χ4v) is 3.24. The molecule has 1 heterocycles. The molecule has 1 aromatic carbocycles. The van der Waals surface area contributed by atoms with Crippen molar-refractivity contribution in [1.82, 2.24) is 9.88 Å². The second-order valence-electron chi connectivity index (χ2n) is 4.56. The average Bonchev–Trinajstić information content (AvgIpc) is 3.05. The number of hydrogen-bond acceptors (Lipinski definition) is 5. The number of thioether (sulfide) groups is 1. The molecule has 1 unspecified atom stereocenters. The molecule has 0 aliphatic heterocycles. The summed E-state index contributed by atoms with van der Waals surface area (Å²) in [4.78, 5) is 19.5. The van der Waals surface area contributed by atoms with Crippen LogP contribution in [0.4, 0.5) is 0 Å². The van der Waals surface area contributed by atoms with Crippen LogP contribution in [0.1, 0.15) is 28.3 Å². The minimum absolute atomic E-state index is 0.0172. The van der Waals surface area contributed by atoms with E-state index in [1.807, 2.05) is 36.6 Å². The van der Waals surface area contributed by atoms with Crippen molar-refractivity contribution in [2.24, 2.45) is 0 Å². The standard InChI is InChI=1S/C15H18N2O2S2/c1-11(14-16-7-9-21-14)17(2)15(19)12-3-5-13(6-4-12)20-10-8-18/h3-7,9,11,18H,8,10H2,1-2H3. The number of thiazole rings is 1. The smallest absolute Gasteiger partial charge is 0.254 e. The molecule has 2 rings (SSSR count). The van der Waals surface area contributed by atoms with E-state index in [1.165, 1.54) is 0 Å². The van der Waals surface area contributed by atoms with Crippen LogP contribution >= 0.6 is 23.1 Å². The van der Waals surface area contributed by atoms with Crippen LogP contribution in [0.25, 0.3) is 0 Å². The molecular weight excluding hydrogens is 304 g/mol. The van der Waals surface area contributed by atoms with Gasteiger partial charge in [0.15, 0.2) is 0 Å². The summed E-state index contributed by atoms with van der Waals surface area (Å²) < 4.78 is 0. The number of benzene rings is 1. The van der Waals surface area contributed by atoms with E-state index in [0.717, 1.165) is 9.90 Å². The zero-order chi connectivity index (χ0) is 15.2. The monoisotopic (exact) mass is 322 g/mol. The fourth-order valence-electron chi connectivity index (χ4n) is 1.84. The van der Waals surface area contributed by atoms with E-state index in [-0.39, 0.29) is 18.6 Å². The van der Waals surface area contributed by atoms with Gasteiger partial charge in [-0.25, -0.2) is 4.98 Å². The number of carbonyl (C=O) groups is 1. The van der Waals surface area contributed by atoms with Crippen LogP contribution in [0.2, 0.25) is 0 Å². The summed E-state index contributed by atoms with van der Waals surface area (Å²) in [6.45, 7) is 2.13. The molecule has 0 saturated heterocycles. The number of aromatic nitrogens is 1. The Hall–Kier alpha value is -1.37. The Morgan fingerprint density at radius 1 is 1.43 bits per heavy atom. The number of aliphatic hydroxyl groups excluding tert-OH is 1. The molecule has 0 saturated carbocycles. The zero-order valence-electron chi connectivity index (χ0n) is 12.0. The van der Waals surface area contributed by atoms with Gasteiger partial charge in [-0.2, -0.15) is 0 Å². The molecule has 0 aliphatic rings. The van der Waals surface area contributed by atoms with Crippen LogP contribution in [0, 0.1) is 0 Å². The highest BCUT2D eigenvalue weighted by Crippen LogP contribution is 2.23. The molecule has 112 valence electrons. The molecule has 0 fully saturated rings. The Morgan fingerprint density at radius 2 is 2.14 bits per heavy atom. The molecule has 1 amide bonds. The highest BCUT2D eigenvalue weighted by Gasteiger charge is 2.20. The number of carbonyl (C=O) groups excluding carboxylic acids is 1. The number of rotatable bonds is 6. The first-order valence-electron chi connectivity index (χ1n) is 6.63. The van der Waals surface area contributed by atoms with Crippen LogP contribution in [0.3, 0.4) is 0 Å². The lowest BCUT2D eigenvalue weighted by atomic mass is 10.2. The van der Waals surface area contributed by atoms with E-state index >= 15 is 0 Å². The Labute approximate surface area is 132 Å². The van der Waals surface area contributed by atoms with E-state index in [4.69, 9.17) is 5.11 Å². The number of aliphatic hydroxyl groups is 1. The van der Waals surface area contributed by atoms with Crippen molar-refractivity contribution in [3.63, 3.8) is 0 Å². The van der Waals surface area contributed by atoms with E-state index in [2.05, 4.69) is 4.98 Å². The molecule has 6 heteroatoms. The molecular formula is C15H18N2O2S2. The first-order chi connectivity index (χ1) is 10.1. The van der Waals surface area contributed by atoms with Crippen LogP contribution in [-0.2, 0) is 0 Å². The minimum atomic E-state index is -0.0408. The topological polar surface area (TPSA) is 53.4 Å². The number of amides is 1. The molecule has 1 aromatic heterocycles. The van der Waals surface area contributed by atoms with Crippen molar-refractivity contribution < 1.29 is 9.90 Å². The van der Waals surface area contributed by atoms with Gasteiger partial charge in [0.1, 0.15) is 5.01 Å². The molecule has 0 bridgehead atoms. The molecule has 1 atom stereocenters. The zero-order valence-corrected chi connectivity index (χ0v) is 13.7. The Balaban J connectivity index is 2.05. The SMILES string of the molecule is CC(c1nccs1)N(C)C(=O)c1ccc(SCCO)cc1. The third kappa shape index (κ3) is 4.06. The predicted molar refractivity (Wildman–Crippen MR) is 86.9 cm³/mol. The quantitative estimate of drug-likeness (QED) is 0.831. The lowest BCUT2D eigenvalue weighted by molar-refractivity contribution is 0.0742. The van der Waals surface area contributed by atoms with E-state index < -0.39 is 0 Å². The number of hydrogen-bond donors (Lipinski definition) is 1. The van der Waals surface area contributed by atoms with Crippen molar-refractivity contribution in [2.75, 3.05) is 19.4 Å². The maximum Gasteiger partial charge on any atom is 0.254 e. The summed E-state index contributed by atoms with van der Waals surface area (Å²) in [5, 5.41) is 11.7. The summed E-state index contributed by atoms with van der Waals surface area (Å²) >= 11 is 3.12. The minimum Gasteiger partial charge on any atom is -0.396 e. The highest BCUT2D eigenvalue weighted by atomic mass is 32.2. The van der Waals surface area contributed by atoms with Crippen LogP contribution < -0.4 is 0 Å². The Bertz CT molecular complexity index is 570. The van der Waals surface area contributed by atoms with Gasteiger partial charge in [0.05, 0.1) is 12.6 Å². The van der Waals surface area contributed by atoms with Crippen LogP contribution in [0.15, 0.2) is 40.7 Å². The summed E-state index contributed by atoms with van der Waals surface area (Å²) in [7, 11) is 1.79. The summed E-state index contributed by atoms with van der Waals surface area (Å²) in [5.74, 6) is 0.644. The van der Waals surface area contributed by atoms with Gasteiger partial charge in [0.2, 0.25) is 0 Å². The maximum atomic E-state index is 12.5. The first kappa shape index (κ1) is 16.0. The highest BCUT2D eigenvalue weighted by molar-refractivity contribution is 7.99. The van der Waals surface area contributed by atoms with Crippen molar-refractivity contribution in [3.05, 3.63) is 46.4 Å². The van der Waals surface area contributed by atoms with Gasteiger partial charge in [-0.1, -0.05) is 0 Å². The second kappa shape index (κ2) is 7.59. The van der Waals surface area contributed by atoms with Crippen molar-refractivity contribution in [3.8, 4) is 0 Å². The van der Waals surface area contributed by atoms with Crippen molar-refractivity contribution in [1.29, 1.82) is 0 Å². The fraction of sp³-hybridized carbons (Fsp3) is 0.333. The summed E-state index contributed by atoms with van der Waals surface area (Å²) in [6.07, 6.45) is 1.75. The molecule has 1 N–H and O–H groups in total. The van der Waals surface area contributed by atoms with E-state index in [1.54, 1.807) is 41.2 Å². The average molecular weight is 322 g/mol. The van der Waals surface area contributed by atoms with Gasteiger partial charge in [0.25, 0.3) is 5.91 Å². The van der Waals surface area contributed by atoms with Gasteiger partial charge >= 0.3 is 0 Å². The first-order valence-corrected chi connectivity index (χ1v) is 8.50. The lowest BCUT2D eigenvalue weighted by Gasteiger charge is -2.23. The third-order valence-electron chi connectivity index (χ3n) is 3.17. The van der Waals surface area contributed by atoms with Crippen LogP contribution in [0.5, 0.6) is 0 Å². The maximum absolute atomic E-state index is 12.5. The molecule has 0 radical (unpaired) electrons. The van der Waals surface area contributed by atoms with Gasteiger partial charge < -0.3 is 10.0 Å². The van der Waals surface area contributed by atoms with Gasteiger partial charge in [-0.15, -0.1) is 23.1 Å². The molecule has 2 aromatic rings. The van der Waals surface area contributed by atoms with Crippen molar-refractivity contribution in [2.45, 2.75) is 17.9 Å². The summed E-state index contributed by atoms with van der Waals surface area (Å²) in [6, 6.07) is 7.44. The Kier molecular flexibility index (Phi) is 5.78. The van der Waals surface area contributed by atoms with Crippen molar-refractivity contribution >= 4 is 29.0 Å². The third-order valence-corrected chi connectivity index (χ3v) is 5.11. The van der Waals surface area contributed by atoms with E-state index in [9.17, 15) is 4.79 Å². The predicted octanol–water partition coefficient (Wildman–Crippen LogP) is 3.06. The largest absolute Gasteiger partial charge is 0.396 e. The molecule has 4 nitrogen and oxygen atoms in total. The normalized spacial score (nSPS) is 12.1. The van der Waals surface area contributed by atoms with Crippen LogP contribution in [-0.4, -0.2) is 40.3 Å². The van der Waals surface area contributed by atoms with Gasteiger partial charge in [0, 0.05) is 34.8 Å². The van der Waals surface area contributed by atoms with E-state index in [0.29, 0.717) is 11.3 Å².